The zero-order chi connectivity index (χ0) is 28.9. The molecule has 0 bridgehead atoms. The summed E-state index contributed by atoms with van der Waals surface area (Å²) in [7, 11) is 0. The average molecular weight is 626 g/mol. The zero-order valence-corrected chi connectivity index (χ0v) is 22.6. The number of nitrogens with one attached hydrogen (secondary N) is 1. The van der Waals surface area contributed by atoms with E-state index in [0.29, 0.717) is 65.0 Å². The van der Waals surface area contributed by atoms with Gasteiger partial charge in [-0.15, -0.1) is 10.2 Å². The second-order valence-corrected chi connectivity index (χ2v) is 9.34. The van der Waals surface area contributed by atoms with E-state index in [1.54, 1.807) is 16.8 Å². The third-order valence-corrected chi connectivity index (χ3v) is 6.04. The molecule has 0 fully saturated rings. The fraction of sp³-hybridized carbons (Fsp3) is 0.391. The number of unbranched alkanes of at least 4 members (excludes halogenated alkanes) is 2. The van der Waals surface area contributed by atoms with Gasteiger partial charge in [0.25, 0.3) is 5.56 Å². The lowest BCUT2D eigenvalue weighted by atomic mass is 10.2. The predicted molar refractivity (Wildman–Crippen MR) is 137 cm³/mol. The van der Waals surface area contributed by atoms with Gasteiger partial charge >= 0.3 is 12.1 Å². The quantitative estimate of drug-likeness (QED) is 0.182. The van der Waals surface area contributed by atoms with Gasteiger partial charge in [0.05, 0.1) is 0 Å². The van der Waals surface area contributed by atoms with Gasteiger partial charge < -0.3 is 14.6 Å². The van der Waals surface area contributed by atoms with E-state index in [-0.39, 0.29) is 5.56 Å². The summed E-state index contributed by atoms with van der Waals surface area (Å²) in [5.74, 6) is -0.655. The average Bonchev–Trinajstić information content (AvgIpc) is 3.64. The number of H-pyrrole nitrogens is 1. The molecule has 0 aromatic carbocycles. The number of aryl methyl sites for hydroxylation is 3. The van der Waals surface area contributed by atoms with Gasteiger partial charge in [-0.3, -0.25) is 14.3 Å². The van der Waals surface area contributed by atoms with E-state index in [2.05, 4.69) is 58.1 Å². The van der Waals surface area contributed by atoms with Crippen LogP contribution in [0.25, 0.3) is 16.9 Å². The number of nitrogens with zero attached hydrogens (tertiary/aromatic N) is 8. The van der Waals surface area contributed by atoms with Gasteiger partial charge in [-0.2, -0.15) is 18.2 Å². The van der Waals surface area contributed by atoms with Crippen molar-refractivity contribution in [3.8, 4) is 0 Å². The molecule has 0 aliphatic carbocycles. The van der Waals surface area contributed by atoms with Crippen molar-refractivity contribution < 1.29 is 27.6 Å². The first kappa shape index (κ1) is 28.8. The maximum Gasteiger partial charge on any atom is 0.490 e. The molecule has 0 spiro atoms. The van der Waals surface area contributed by atoms with E-state index in [4.69, 9.17) is 14.4 Å². The van der Waals surface area contributed by atoms with Gasteiger partial charge in [0, 0.05) is 38.2 Å². The lowest BCUT2D eigenvalue weighted by Gasteiger charge is -2.09. The Kier molecular flexibility index (Phi) is 8.91. The van der Waals surface area contributed by atoms with Crippen molar-refractivity contribution in [2.75, 3.05) is 0 Å². The number of fused-ring (bicyclic) bond motifs is 2. The van der Waals surface area contributed by atoms with Crippen LogP contribution in [0.4, 0.5) is 13.2 Å². The third-order valence-electron chi connectivity index (χ3n) is 5.67. The number of aromatic nitrogens is 9. The molecular formula is C23H23BrF3N9O4. The Morgan fingerprint density at radius 2 is 1.98 bits per heavy atom. The standard InChI is InChI=1S/C21H22BrN9O2.C2HF3O2/c1-2-3-4-10-30-18-17(25-20(22)26-18)19(32)31-15(27-28-21(30)31)7-8-16-24-14(29-33-16)11-13-6-5-9-23-12-13;3-2(4,5)1(6)7/h5-6,9,12H,2-4,7-8,10-11H2,1H3,(H,25,26);(H,6,7). The number of carbonyl (C=O) groups is 1. The molecule has 5 aromatic heterocycles. The Bertz CT molecular complexity index is 1660. The van der Waals surface area contributed by atoms with Crippen LogP contribution in [-0.4, -0.2) is 61.5 Å². The summed E-state index contributed by atoms with van der Waals surface area (Å²) in [6.45, 7) is 2.85. The molecule has 0 atom stereocenters. The van der Waals surface area contributed by atoms with Crippen LogP contribution in [0.3, 0.4) is 0 Å². The number of halogens is 4. The molecule has 0 saturated carbocycles. The Labute approximate surface area is 231 Å². The van der Waals surface area contributed by atoms with Crippen LogP contribution in [0, 0.1) is 0 Å². The van der Waals surface area contributed by atoms with Crippen LogP contribution in [0.5, 0.6) is 0 Å². The molecule has 0 radical (unpaired) electrons. The number of aromatic amines is 1. The number of aliphatic carboxylic acids is 1. The molecule has 0 aliphatic rings. The summed E-state index contributed by atoms with van der Waals surface area (Å²) < 4.78 is 41.1. The smallest absolute Gasteiger partial charge is 0.475 e. The largest absolute Gasteiger partial charge is 0.490 e. The Morgan fingerprint density at radius 3 is 2.65 bits per heavy atom. The maximum absolute atomic E-state index is 13.2. The van der Waals surface area contributed by atoms with Gasteiger partial charge in [-0.05, 0) is 34.0 Å². The van der Waals surface area contributed by atoms with Crippen molar-refractivity contribution in [2.24, 2.45) is 0 Å². The van der Waals surface area contributed by atoms with Crippen LogP contribution < -0.4 is 5.56 Å². The monoisotopic (exact) mass is 625 g/mol. The number of imidazole rings is 1. The first-order chi connectivity index (χ1) is 19.1. The van der Waals surface area contributed by atoms with Crippen molar-refractivity contribution in [2.45, 2.75) is 58.2 Å². The second-order valence-electron chi connectivity index (χ2n) is 8.59. The number of carboxylic acids is 1. The molecule has 0 unspecified atom stereocenters. The van der Waals surface area contributed by atoms with Crippen molar-refractivity contribution in [3.63, 3.8) is 0 Å². The normalized spacial score (nSPS) is 11.6. The fourth-order valence-electron chi connectivity index (χ4n) is 3.83. The molecule has 17 heteroatoms. The highest BCUT2D eigenvalue weighted by atomic mass is 79.9. The summed E-state index contributed by atoms with van der Waals surface area (Å²) in [4.78, 5) is 38.1. The summed E-state index contributed by atoms with van der Waals surface area (Å²) in [6, 6.07) is 3.84. The highest BCUT2D eigenvalue weighted by Crippen LogP contribution is 2.17. The van der Waals surface area contributed by atoms with Crippen molar-refractivity contribution in [1.29, 1.82) is 0 Å². The molecule has 0 aliphatic heterocycles. The number of pyridine rings is 1. The second kappa shape index (κ2) is 12.4. The first-order valence-corrected chi connectivity index (χ1v) is 12.9. The number of carboxylic acid groups (broad SMARTS) is 1. The summed E-state index contributed by atoms with van der Waals surface area (Å²) in [5.41, 5.74) is 1.77. The van der Waals surface area contributed by atoms with Gasteiger partial charge in [-0.25, -0.2) is 14.2 Å². The number of rotatable bonds is 9. The zero-order valence-electron chi connectivity index (χ0n) is 21.0. The molecule has 212 valence electrons. The molecule has 5 rings (SSSR count). The molecule has 2 N–H and O–H groups in total. The van der Waals surface area contributed by atoms with Crippen LogP contribution in [-0.2, 0) is 30.6 Å². The Balaban J connectivity index is 0.000000470. The Morgan fingerprint density at radius 1 is 1.20 bits per heavy atom. The molecule has 0 saturated heterocycles. The number of alkyl halides is 3. The van der Waals surface area contributed by atoms with E-state index < -0.39 is 12.1 Å². The molecule has 40 heavy (non-hydrogen) atoms. The van der Waals surface area contributed by atoms with Gasteiger partial charge in [0.1, 0.15) is 5.82 Å². The molecule has 13 nitrogen and oxygen atoms in total. The van der Waals surface area contributed by atoms with E-state index in [9.17, 15) is 18.0 Å². The number of hydrogen-bond donors (Lipinski definition) is 2. The summed E-state index contributed by atoms with van der Waals surface area (Å²) >= 11 is 3.35. The van der Waals surface area contributed by atoms with Gasteiger partial charge in [0.15, 0.2) is 21.7 Å². The minimum atomic E-state index is -5.08. The highest BCUT2D eigenvalue weighted by Gasteiger charge is 2.38. The first-order valence-electron chi connectivity index (χ1n) is 12.1. The van der Waals surface area contributed by atoms with Gasteiger partial charge in [0.2, 0.25) is 11.7 Å². The maximum atomic E-state index is 13.2. The van der Waals surface area contributed by atoms with Crippen LogP contribution in [0.1, 0.15) is 49.3 Å². The van der Waals surface area contributed by atoms with E-state index in [0.717, 1.165) is 24.8 Å². The third kappa shape index (κ3) is 6.70. The molecule has 5 aromatic rings. The highest BCUT2D eigenvalue weighted by molar-refractivity contribution is 9.10. The van der Waals surface area contributed by atoms with Gasteiger partial charge in [-0.1, -0.05) is 31.0 Å². The van der Waals surface area contributed by atoms with Crippen LogP contribution >= 0.6 is 15.9 Å². The van der Waals surface area contributed by atoms with E-state index >= 15 is 0 Å². The van der Waals surface area contributed by atoms with E-state index in [1.165, 1.54) is 0 Å². The molecule has 5 heterocycles. The van der Waals surface area contributed by atoms with Crippen LogP contribution in [0.2, 0.25) is 0 Å². The fourth-order valence-corrected chi connectivity index (χ4v) is 4.20. The summed E-state index contributed by atoms with van der Waals surface area (Å²) in [6.07, 6.45) is 2.96. The lowest BCUT2D eigenvalue weighted by Crippen LogP contribution is -2.21. The minimum Gasteiger partial charge on any atom is -0.475 e. The summed E-state index contributed by atoms with van der Waals surface area (Å²) in [5, 5.41) is 19.8. The van der Waals surface area contributed by atoms with Crippen LogP contribution in [0.15, 0.2) is 38.6 Å². The minimum absolute atomic E-state index is 0.229. The molecular weight excluding hydrogens is 603 g/mol. The number of hydrogen-bond acceptors (Lipinski definition) is 9. The SMILES string of the molecule is CCCCCn1c2nc(Br)[nH]c2c(=O)n2c(CCc3nc(Cc4cccnc4)no3)nnc12.O=C(O)C(F)(F)F. The lowest BCUT2D eigenvalue weighted by molar-refractivity contribution is -0.192. The molecule has 0 amide bonds. The van der Waals surface area contributed by atoms with Crippen molar-refractivity contribution in [1.82, 2.24) is 44.3 Å². The predicted octanol–water partition coefficient (Wildman–Crippen LogP) is 3.51. The topological polar surface area (TPSA) is 170 Å². The van der Waals surface area contributed by atoms with E-state index in [1.807, 2.05) is 16.7 Å². The van der Waals surface area contributed by atoms with Crippen molar-refractivity contribution in [3.05, 3.63) is 62.7 Å². The Hall–Kier alpha value is -4.15. The van der Waals surface area contributed by atoms with Crippen molar-refractivity contribution >= 4 is 38.8 Å².